The van der Waals surface area contributed by atoms with Gasteiger partial charge >= 0.3 is 0 Å². The van der Waals surface area contributed by atoms with E-state index in [1.807, 2.05) is 42.5 Å². The van der Waals surface area contributed by atoms with Crippen LogP contribution in [0.4, 0.5) is 5.69 Å². The molecule has 0 fully saturated rings. The predicted molar refractivity (Wildman–Crippen MR) is 69.6 cm³/mol. The third-order valence-electron chi connectivity index (χ3n) is 2.72. The van der Waals surface area contributed by atoms with Gasteiger partial charge in [-0.15, -0.1) is 0 Å². The Morgan fingerprint density at radius 3 is 2.35 bits per heavy atom. The molecule has 2 nitrogen and oxygen atoms in total. The fourth-order valence-electron chi connectivity index (χ4n) is 1.76. The normalized spacial score (nSPS) is 11.5. The van der Waals surface area contributed by atoms with Crippen LogP contribution in [0.1, 0.15) is 24.1 Å². The molecule has 0 aliphatic carbocycles. The lowest BCUT2D eigenvalue weighted by Gasteiger charge is -2.16. The molecule has 1 atom stereocenters. The van der Waals surface area contributed by atoms with E-state index in [9.17, 15) is 0 Å². The van der Waals surface area contributed by atoms with Gasteiger partial charge in [-0.05, 0) is 24.6 Å². The maximum atomic E-state index is 9.01. The zero-order valence-corrected chi connectivity index (χ0v) is 9.72. The van der Waals surface area contributed by atoms with E-state index in [-0.39, 0.29) is 6.04 Å². The maximum Gasteiger partial charge on any atom is 0.101 e. The molecule has 1 N–H and O–H groups in total. The number of nitrogens with zero attached hydrogens (tertiary/aromatic N) is 1. The number of hydrogen-bond donors (Lipinski definition) is 1. The van der Waals surface area contributed by atoms with E-state index in [0.29, 0.717) is 5.56 Å². The van der Waals surface area contributed by atoms with Crippen LogP contribution < -0.4 is 5.32 Å². The molecule has 0 amide bonds. The van der Waals surface area contributed by atoms with Crippen molar-refractivity contribution in [3.05, 3.63) is 65.7 Å². The Bertz CT molecular complexity index is 526. The number of rotatable bonds is 3. The van der Waals surface area contributed by atoms with Gasteiger partial charge in [0.15, 0.2) is 0 Å². The fourth-order valence-corrected chi connectivity index (χ4v) is 1.76. The van der Waals surface area contributed by atoms with Gasteiger partial charge in [-0.25, -0.2) is 0 Å². The van der Waals surface area contributed by atoms with Crippen LogP contribution in [-0.2, 0) is 0 Å². The third-order valence-corrected chi connectivity index (χ3v) is 2.72. The fraction of sp³-hybridized carbons (Fsp3) is 0.133. The third kappa shape index (κ3) is 2.64. The van der Waals surface area contributed by atoms with E-state index in [1.54, 1.807) is 0 Å². The van der Waals surface area contributed by atoms with Crippen LogP contribution in [0, 0.1) is 11.3 Å². The summed E-state index contributed by atoms with van der Waals surface area (Å²) in [5.41, 5.74) is 2.77. The average molecular weight is 222 g/mol. The molecular formula is C15H14N2. The molecule has 0 spiro atoms. The van der Waals surface area contributed by atoms with Crippen LogP contribution in [-0.4, -0.2) is 0 Å². The number of nitriles is 1. The highest BCUT2D eigenvalue weighted by molar-refractivity contribution is 5.58. The molecular weight excluding hydrogens is 208 g/mol. The van der Waals surface area contributed by atoms with Crippen molar-refractivity contribution >= 4 is 5.69 Å². The Kier molecular flexibility index (Phi) is 3.42. The first-order valence-corrected chi connectivity index (χ1v) is 5.62. The van der Waals surface area contributed by atoms with E-state index in [2.05, 4.69) is 30.4 Å². The molecule has 84 valence electrons. The molecule has 0 aliphatic rings. The highest BCUT2D eigenvalue weighted by Crippen LogP contribution is 2.21. The molecule has 0 bridgehead atoms. The largest absolute Gasteiger partial charge is 0.377 e. The highest BCUT2D eigenvalue weighted by Gasteiger charge is 2.06. The maximum absolute atomic E-state index is 9.01. The number of benzene rings is 2. The molecule has 0 saturated heterocycles. The Balaban J connectivity index is 2.19. The average Bonchev–Trinajstić information content (AvgIpc) is 2.40. The summed E-state index contributed by atoms with van der Waals surface area (Å²) in [5, 5.41) is 12.4. The van der Waals surface area contributed by atoms with Gasteiger partial charge in [-0.1, -0.05) is 42.5 Å². The monoisotopic (exact) mass is 222 g/mol. The second-order valence-electron chi connectivity index (χ2n) is 3.93. The summed E-state index contributed by atoms with van der Waals surface area (Å²) in [5.74, 6) is 0. The molecule has 0 radical (unpaired) electrons. The molecule has 0 aromatic heterocycles. The Morgan fingerprint density at radius 2 is 1.65 bits per heavy atom. The molecule has 1 unspecified atom stereocenters. The number of nitrogens with one attached hydrogen (secondary N) is 1. The molecule has 2 aromatic carbocycles. The van der Waals surface area contributed by atoms with Gasteiger partial charge in [-0.3, -0.25) is 0 Å². The summed E-state index contributed by atoms with van der Waals surface area (Å²) in [6, 6.07) is 20.1. The number of anilines is 1. The summed E-state index contributed by atoms with van der Waals surface area (Å²) in [4.78, 5) is 0. The van der Waals surface area contributed by atoms with Crippen molar-refractivity contribution in [3.8, 4) is 6.07 Å². The second kappa shape index (κ2) is 5.18. The first kappa shape index (κ1) is 11.2. The van der Waals surface area contributed by atoms with Crippen LogP contribution in [0.25, 0.3) is 0 Å². The van der Waals surface area contributed by atoms with Crippen LogP contribution in [0.3, 0.4) is 0 Å². The van der Waals surface area contributed by atoms with E-state index in [4.69, 9.17) is 5.26 Å². The van der Waals surface area contributed by atoms with Crippen molar-refractivity contribution in [3.63, 3.8) is 0 Å². The van der Waals surface area contributed by atoms with Crippen LogP contribution >= 0.6 is 0 Å². The molecule has 0 heterocycles. The minimum absolute atomic E-state index is 0.186. The summed E-state index contributed by atoms with van der Waals surface area (Å²) in [6.07, 6.45) is 0. The topological polar surface area (TPSA) is 35.8 Å². The molecule has 17 heavy (non-hydrogen) atoms. The molecule has 0 saturated carbocycles. The van der Waals surface area contributed by atoms with Crippen LogP contribution in [0.15, 0.2) is 54.6 Å². The van der Waals surface area contributed by atoms with E-state index in [0.717, 1.165) is 5.69 Å². The second-order valence-corrected chi connectivity index (χ2v) is 3.93. The van der Waals surface area contributed by atoms with Crippen LogP contribution in [0.5, 0.6) is 0 Å². The molecule has 2 heteroatoms. The van der Waals surface area contributed by atoms with Gasteiger partial charge < -0.3 is 5.32 Å². The zero-order valence-electron chi connectivity index (χ0n) is 9.72. The van der Waals surface area contributed by atoms with Crippen molar-refractivity contribution in [1.29, 1.82) is 5.26 Å². The van der Waals surface area contributed by atoms with Crippen molar-refractivity contribution in [2.24, 2.45) is 0 Å². The van der Waals surface area contributed by atoms with Crippen molar-refractivity contribution < 1.29 is 0 Å². The first-order valence-electron chi connectivity index (χ1n) is 5.62. The molecule has 2 rings (SSSR count). The minimum Gasteiger partial charge on any atom is -0.377 e. The zero-order chi connectivity index (χ0) is 12.1. The van der Waals surface area contributed by atoms with Crippen molar-refractivity contribution in [1.82, 2.24) is 0 Å². The van der Waals surface area contributed by atoms with Crippen molar-refractivity contribution in [2.75, 3.05) is 5.32 Å². The van der Waals surface area contributed by atoms with Gasteiger partial charge in [0.25, 0.3) is 0 Å². The summed E-state index contributed by atoms with van der Waals surface area (Å²) >= 11 is 0. The first-order chi connectivity index (χ1) is 8.31. The summed E-state index contributed by atoms with van der Waals surface area (Å²) in [7, 11) is 0. The van der Waals surface area contributed by atoms with E-state index >= 15 is 0 Å². The molecule has 0 aliphatic heterocycles. The molecule has 2 aromatic rings. The van der Waals surface area contributed by atoms with Gasteiger partial charge in [0.1, 0.15) is 6.07 Å². The lowest BCUT2D eigenvalue weighted by atomic mass is 10.1. The summed E-state index contributed by atoms with van der Waals surface area (Å²) in [6.45, 7) is 2.09. The van der Waals surface area contributed by atoms with Gasteiger partial charge in [0.05, 0.1) is 11.3 Å². The summed E-state index contributed by atoms with van der Waals surface area (Å²) < 4.78 is 0. The minimum atomic E-state index is 0.186. The van der Waals surface area contributed by atoms with E-state index in [1.165, 1.54) is 5.56 Å². The van der Waals surface area contributed by atoms with Gasteiger partial charge in [-0.2, -0.15) is 5.26 Å². The van der Waals surface area contributed by atoms with Gasteiger partial charge in [0.2, 0.25) is 0 Å². The Labute approximate surface area is 102 Å². The quantitative estimate of drug-likeness (QED) is 0.858. The Hall–Kier alpha value is -2.27. The van der Waals surface area contributed by atoms with E-state index < -0.39 is 0 Å². The number of hydrogen-bond acceptors (Lipinski definition) is 2. The Morgan fingerprint density at radius 1 is 1.00 bits per heavy atom. The van der Waals surface area contributed by atoms with Crippen molar-refractivity contribution in [2.45, 2.75) is 13.0 Å². The highest BCUT2D eigenvalue weighted by atomic mass is 14.9. The van der Waals surface area contributed by atoms with Gasteiger partial charge in [0, 0.05) is 6.04 Å². The standard InChI is InChI=1S/C15H14N2/c1-12(13-7-3-2-4-8-13)17-15-10-6-5-9-14(15)11-16/h2-10,12,17H,1H3. The van der Waals surface area contributed by atoms with Crippen LogP contribution in [0.2, 0.25) is 0 Å². The lowest BCUT2D eigenvalue weighted by Crippen LogP contribution is -2.07. The SMILES string of the molecule is CC(Nc1ccccc1C#N)c1ccccc1. The smallest absolute Gasteiger partial charge is 0.101 e. The number of para-hydroxylation sites is 1. The lowest BCUT2D eigenvalue weighted by molar-refractivity contribution is 0.884. The predicted octanol–water partition coefficient (Wildman–Crippen LogP) is 3.73.